The number of carbonyl (C=O) groups excluding carboxylic acids is 1. The third-order valence-corrected chi connectivity index (χ3v) is 2.95. The van der Waals surface area contributed by atoms with Crippen molar-refractivity contribution in [2.75, 3.05) is 31.3 Å². The number of hydrogen-bond donors (Lipinski definition) is 3. The molecular weight excluding hydrogens is 244 g/mol. The maximum atomic E-state index is 11.4. The van der Waals surface area contributed by atoms with Gasteiger partial charge in [0.15, 0.2) is 5.78 Å². The highest BCUT2D eigenvalue weighted by Gasteiger charge is 2.19. The molecule has 1 aromatic carbocycles. The van der Waals surface area contributed by atoms with E-state index in [9.17, 15) is 9.90 Å². The van der Waals surface area contributed by atoms with Crippen LogP contribution in [0.5, 0.6) is 0 Å². The number of nitrogens with one attached hydrogen (secondary N) is 1. The van der Waals surface area contributed by atoms with Gasteiger partial charge in [-0.3, -0.25) is 4.79 Å². The number of Topliss-reactive ketones (excluding diaryl/α,β-unsaturated/α-hetero) is 1. The number of nitrogens with two attached hydrogens (primary N) is 1. The largest absolute Gasteiger partial charge is 0.398 e. The average molecular weight is 266 g/mol. The van der Waals surface area contributed by atoms with Crippen molar-refractivity contribution in [2.24, 2.45) is 0 Å². The fraction of sp³-hybridized carbons (Fsp3) is 0.500. The summed E-state index contributed by atoms with van der Waals surface area (Å²) in [7, 11) is 1.60. The molecule has 106 valence electrons. The molecule has 0 spiro atoms. The maximum Gasteiger partial charge on any atom is 0.161 e. The number of carbonyl (C=O) groups is 1. The Morgan fingerprint density at radius 1 is 1.53 bits per heavy atom. The van der Waals surface area contributed by atoms with Crippen molar-refractivity contribution in [3.05, 3.63) is 23.8 Å². The second-order valence-electron chi connectivity index (χ2n) is 4.95. The van der Waals surface area contributed by atoms with Gasteiger partial charge in [-0.1, -0.05) is 0 Å². The maximum absolute atomic E-state index is 11.4. The van der Waals surface area contributed by atoms with E-state index >= 15 is 0 Å². The van der Waals surface area contributed by atoms with Gasteiger partial charge in [0, 0.05) is 43.6 Å². The van der Waals surface area contributed by atoms with E-state index in [0.29, 0.717) is 30.8 Å². The van der Waals surface area contributed by atoms with Crippen molar-refractivity contribution in [1.82, 2.24) is 0 Å². The molecule has 1 atom stereocenters. The number of hydrogen-bond acceptors (Lipinski definition) is 5. The summed E-state index contributed by atoms with van der Waals surface area (Å²) in [6.07, 6.45) is 0.533. The molecule has 1 rings (SSSR count). The summed E-state index contributed by atoms with van der Waals surface area (Å²) >= 11 is 0. The van der Waals surface area contributed by atoms with Crippen molar-refractivity contribution in [3.63, 3.8) is 0 Å². The lowest BCUT2D eigenvalue weighted by Gasteiger charge is -2.24. The summed E-state index contributed by atoms with van der Waals surface area (Å²) < 4.78 is 4.95. The van der Waals surface area contributed by atoms with Crippen LogP contribution >= 0.6 is 0 Å². The smallest absolute Gasteiger partial charge is 0.161 e. The normalized spacial score (nSPS) is 13.9. The zero-order chi connectivity index (χ0) is 14.5. The van der Waals surface area contributed by atoms with Crippen molar-refractivity contribution in [3.8, 4) is 0 Å². The Morgan fingerprint density at radius 3 is 2.79 bits per heavy atom. The van der Waals surface area contributed by atoms with Gasteiger partial charge in [0.25, 0.3) is 0 Å². The number of rotatable bonds is 7. The average Bonchev–Trinajstić information content (AvgIpc) is 2.35. The minimum atomic E-state index is -0.867. The van der Waals surface area contributed by atoms with Crippen LogP contribution in [0.1, 0.15) is 30.6 Å². The molecule has 0 saturated heterocycles. The van der Waals surface area contributed by atoms with Crippen LogP contribution in [0.15, 0.2) is 18.2 Å². The second kappa shape index (κ2) is 6.54. The highest BCUT2D eigenvalue weighted by molar-refractivity contribution is 6.00. The monoisotopic (exact) mass is 266 g/mol. The predicted octanol–water partition coefficient (Wildman–Crippen LogP) is 1.67. The lowest BCUT2D eigenvalue weighted by atomic mass is 10.0. The Hall–Kier alpha value is -1.59. The van der Waals surface area contributed by atoms with E-state index in [1.807, 2.05) is 0 Å². The third kappa shape index (κ3) is 4.89. The van der Waals surface area contributed by atoms with E-state index in [1.165, 1.54) is 6.92 Å². The fourth-order valence-corrected chi connectivity index (χ4v) is 1.67. The molecule has 0 aliphatic rings. The zero-order valence-electron chi connectivity index (χ0n) is 11.7. The molecule has 5 heteroatoms. The lowest BCUT2D eigenvalue weighted by molar-refractivity contribution is 0.0357. The molecule has 0 amide bonds. The molecule has 5 nitrogen and oxygen atoms in total. The van der Waals surface area contributed by atoms with E-state index < -0.39 is 5.60 Å². The van der Waals surface area contributed by atoms with E-state index in [4.69, 9.17) is 10.5 Å². The predicted molar refractivity (Wildman–Crippen MR) is 76.5 cm³/mol. The van der Waals surface area contributed by atoms with E-state index in [-0.39, 0.29) is 5.78 Å². The fourth-order valence-electron chi connectivity index (χ4n) is 1.67. The summed E-state index contributed by atoms with van der Waals surface area (Å²) in [6, 6.07) is 5.17. The molecule has 0 aliphatic carbocycles. The first-order valence-electron chi connectivity index (χ1n) is 6.21. The summed E-state index contributed by atoms with van der Waals surface area (Å²) in [4.78, 5) is 11.4. The van der Waals surface area contributed by atoms with Gasteiger partial charge < -0.3 is 20.9 Å². The Kier molecular flexibility index (Phi) is 5.32. The van der Waals surface area contributed by atoms with Gasteiger partial charge in [-0.25, -0.2) is 0 Å². The van der Waals surface area contributed by atoms with Gasteiger partial charge in [0.1, 0.15) is 0 Å². The molecule has 0 radical (unpaired) electrons. The van der Waals surface area contributed by atoms with E-state index in [1.54, 1.807) is 32.2 Å². The Bertz CT molecular complexity index is 444. The number of nitrogen functional groups attached to an aromatic ring is 1. The summed E-state index contributed by atoms with van der Waals surface area (Å²) in [5.41, 5.74) is 6.57. The standard InChI is InChI=1S/C14H22N2O3/c1-10(17)12-8-11(4-5-13(12)15)16-9-14(2,18)6-7-19-3/h4-5,8,16,18H,6-7,9,15H2,1-3H3. The summed E-state index contributed by atoms with van der Waals surface area (Å²) in [5.74, 6) is -0.0766. The van der Waals surface area contributed by atoms with Gasteiger partial charge in [0.2, 0.25) is 0 Å². The first-order valence-corrected chi connectivity index (χ1v) is 6.21. The number of ether oxygens (including phenoxy) is 1. The number of aliphatic hydroxyl groups is 1. The molecule has 1 aromatic rings. The van der Waals surface area contributed by atoms with Gasteiger partial charge in [0.05, 0.1) is 5.60 Å². The van der Waals surface area contributed by atoms with Crippen LogP contribution in [0, 0.1) is 0 Å². The summed E-state index contributed by atoms with van der Waals surface area (Å²) in [6.45, 7) is 4.08. The van der Waals surface area contributed by atoms with Crippen LogP contribution < -0.4 is 11.1 Å². The van der Waals surface area contributed by atoms with Crippen molar-refractivity contribution in [1.29, 1.82) is 0 Å². The molecule has 0 heterocycles. The van der Waals surface area contributed by atoms with Crippen LogP contribution in [-0.4, -0.2) is 36.8 Å². The van der Waals surface area contributed by atoms with Crippen molar-refractivity contribution >= 4 is 17.2 Å². The topological polar surface area (TPSA) is 84.6 Å². The van der Waals surface area contributed by atoms with Crippen molar-refractivity contribution < 1.29 is 14.6 Å². The number of methoxy groups -OCH3 is 1. The first-order chi connectivity index (χ1) is 8.85. The quantitative estimate of drug-likeness (QED) is 0.516. The third-order valence-electron chi connectivity index (χ3n) is 2.95. The SMILES string of the molecule is COCCC(C)(O)CNc1ccc(N)c(C(C)=O)c1. The molecule has 0 aliphatic heterocycles. The highest BCUT2D eigenvalue weighted by Crippen LogP contribution is 2.19. The van der Waals surface area contributed by atoms with Crippen LogP contribution in [0.2, 0.25) is 0 Å². The molecule has 0 fully saturated rings. The minimum absolute atomic E-state index is 0.0766. The Morgan fingerprint density at radius 2 is 2.21 bits per heavy atom. The molecular formula is C14H22N2O3. The number of ketones is 1. The van der Waals surface area contributed by atoms with Gasteiger partial charge in [-0.2, -0.15) is 0 Å². The zero-order valence-corrected chi connectivity index (χ0v) is 11.7. The van der Waals surface area contributed by atoms with Gasteiger partial charge in [-0.15, -0.1) is 0 Å². The molecule has 4 N–H and O–H groups in total. The van der Waals surface area contributed by atoms with Gasteiger partial charge in [-0.05, 0) is 32.0 Å². The molecule has 1 unspecified atom stereocenters. The summed E-state index contributed by atoms with van der Waals surface area (Å²) in [5, 5.41) is 13.2. The highest BCUT2D eigenvalue weighted by atomic mass is 16.5. The number of benzene rings is 1. The number of anilines is 2. The molecule has 19 heavy (non-hydrogen) atoms. The van der Waals surface area contributed by atoms with Crippen LogP contribution in [0.25, 0.3) is 0 Å². The van der Waals surface area contributed by atoms with Gasteiger partial charge >= 0.3 is 0 Å². The van der Waals surface area contributed by atoms with Crippen LogP contribution in [0.4, 0.5) is 11.4 Å². The van der Waals surface area contributed by atoms with E-state index in [2.05, 4.69) is 5.32 Å². The second-order valence-corrected chi connectivity index (χ2v) is 4.95. The Labute approximate surface area is 113 Å². The van der Waals surface area contributed by atoms with E-state index in [0.717, 1.165) is 5.69 Å². The first kappa shape index (κ1) is 15.5. The van der Waals surface area contributed by atoms with Crippen LogP contribution in [0.3, 0.4) is 0 Å². The van der Waals surface area contributed by atoms with Crippen molar-refractivity contribution in [2.45, 2.75) is 25.9 Å². The molecule has 0 saturated carbocycles. The molecule has 0 bridgehead atoms. The van der Waals surface area contributed by atoms with Crippen LogP contribution in [-0.2, 0) is 4.74 Å². The Balaban J connectivity index is 2.68. The minimum Gasteiger partial charge on any atom is -0.398 e. The molecule has 0 aromatic heterocycles. The lowest BCUT2D eigenvalue weighted by Crippen LogP contribution is -2.34.